The van der Waals surface area contributed by atoms with Crippen LogP contribution in [0.15, 0.2) is 77.7 Å². The van der Waals surface area contributed by atoms with Gasteiger partial charge in [-0.25, -0.2) is 13.2 Å². The van der Waals surface area contributed by atoms with Gasteiger partial charge in [-0.2, -0.15) is 0 Å². The van der Waals surface area contributed by atoms with E-state index in [0.29, 0.717) is 23.6 Å². The summed E-state index contributed by atoms with van der Waals surface area (Å²) in [6.45, 7) is 0.319. The molecule has 0 heterocycles. The lowest BCUT2D eigenvalue weighted by Gasteiger charge is -2.10. The van der Waals surface area contributed by atoms with E-state index in [4.69, 9.17) is 5.73 Å². The van der Waals surface area contributed by atoms with Gasteiger partial charge >= 0.3 is 6.03 Å². The van der Waals surface area contributed by atoms with E-state index in [-0.39, 0.29) is 10.6 Å². The van der Waals surface area contributed by atoms with Crippen LogP contribution in [0.25, 0.3) is 0 Å². The summed E-state index contributed by atoms with van der Waals surface area (Å²) in [5.41, 5.74) is 7.39. The van der Waals surface area contributed by atoms with Gasteiger partial charge in [0.2, 0.25) is 0 Å². The van der Waals surface area contributed by atoms with Crippen molar-refractivity contribution in [2.45, 2.75) is 11.4 Å². The van der Waals surface area contributed by atoms with E-state index in [9.17, 15) is 23.3 Å². The first kappa shape index (κ1) is 21.7. The van der Waals surface area contributed by atoms with Gasteiger partial charge in [0.15, 0.2) is 0 Å². The number of non-ortho nitro benzene ring substituents is 1. The second kappa shape index (κ2) is 9.24. The molecule has 3 aromatic rings. The molecule has 11 heteroatoms. The standard InChI is InChI=1S/C20H19N5O5S/c21-13-14-1-11-19(12-2-14)31(29,30)24-17-5-3-15(4-6-17)22-20(26)23-16-7-9-18(10-8-16)25(27)28/h1-12,24H,13,21H2,(H2,22,23,26). The van der Waals surface area contributed by atoms with E-state index in [0.717, 1.165) is 5.56 Å². The van der Waals surface area contributed by atoms with Crippen molar-refractivity contribution in [2.24, 2.45) is 5.73 Å². The van der Waals surface area contributed by atoms with Gasteiger partial charge in [-0.3, -0.25) is 14.8 Å². The summed E-state index contributed by atoms with van der Waals surface area (Å²) in [6, 6.07) is 17.1. The molecule has 2 amide bonds. The Balaban J connectivity index is 1.60. The van der Waals surface area contributed by atoms with Crippen molar-refractivity contribution >= 4 is 38.8 Å². The summed E-state index contributed by atoms with van der Waals surface area (Å²) in [4.78, 5) is 22.3. The molecular formula is C20H19N5O5S. The lowest BCUT2D eigenvalue weighted by Crippen LogP contribution is -2.19. The minimum atomic E-state index is -3.76. The van der Waals surface area contributed by atoms with Crippen LogP contribution in [0.4, 0.5) is 27.5 Å². The molecule has 0 aliphatic heterocycles. The summed E-state index contributed by atoms with van der Waals surface area (Å²) in [5, 5.41) is 15.8. The van der Waals surface area contributed by atoms with Gasteiger partial charge in [-0.1, -0.05) is 12.1 Å². The van der Waals surface area contributed by atoms with E-state index >= 15 is 0 Å². The Labute approximate surface area is 178 Å². The average Bonchev–Trinajstić information content (AvgIpc) is 2.75. The van der Waals surface area contributed by atoms with Crippen LogP contribution < -0.4 is 21.1 Å². The van der Waals surface area contributed by atoms with E-state index in [1.54, 1.807) is 12.1 Å². The number of sulfonamides is 1. The van der Waals surface area contributed by atoms with Crippen molar-refractivity contribution in [1.29, 1.82) is 0 Å². The lowest BCUT2D eigenvalue weighted by atomic mass is 10.2. The normalized spacial score (nSPS) is 10.9. The van der Waals surface area contributed by atoms with Crippen LogP contribution in [0.5, 0.6) is 0 Å². The number of amides is 2. The minimum absolute atomic E-state index is 0.0840. The summed E-state index contributed by atoms with van der Waals surface area (Å²) < 4.78 is 27.4. The highest BCUT2D eigenvalue weighted by Gasteiger charge is 2.14. The van der Waals surface area contributed by atoms with Crippen molar-refractivity contribution in [1.82, 2.24) is 0 Å². The number of carbonyl (C=O) groups is 1. The SMILES string of the molecule is NCc1ccc(S(=O)(=O)Nc2ccc(NC(=O)Nc3ccc([N+](=O)[O-])cc3)cc2)cc1. The molecular weight excluding hydrogens is 422 g/mol. The molecule has 10 nitrogen and oxygen atoms in total. The summed E-state index contributed by atoms with van der Waals surface area (Å²) in [7, 11) is -3.76. The zero-order chi connectivity index (χ0) is 22.4. The number of nitrogens with zero attached hydrogens (tertiary/aromatic N) is 1. The van der Waals surface area contributed by atoms with Gasteiger partial charge in [0.05, 0.1) is 9.82 Å². The summed E-state index contributed by atoms with van der Waals surface area (Å²) in [5.74, 6) is 0. The van der Waals surface area contributed by atoms with E-state index in [1.165, 1.54) is 60.7 Å². The molecule has 160 valence electrons. The van der Waals surface area contributed by atoms with Crippen LogP contribution in [0.3, 0.4) is 0 Å². The van der Waals surface area contributed by atoms with Gasteiger partial charge in [0, 0.05) is 35.7 Å². The topological polar surface area (TPSA) is 156 Å². The molecule has 0 radical (unpaired) electrons. The number of nitro groups is 1. The van der Waals surface area contributed by atoms with Gasteiger partial charge in [0.1, 0.15) is 0 Å². The minimum Gasteiger partial charge on any atom is -0.326 e. The molecule has 0 aromatic heterocycles. The van der Waals surface area contributed by atoms with Crippen molar-refractivity contribution < 1.29 is 18.1 Å². The van der Waals surface area contributed by atoms with Crippen LogP contribution in [-0.2, 0) is 16.6 Å². The molecule has 0 aliphatic rings. The number of anilines is 3. The van der Waals surface area contributed by atoms with Crippen molar-refractivity contribution in [3.05, 3.63) is 88.5 Å². The fourth-order valence-corrected chi connectivity index (χ4v) is 3.66. The lowest BCUT2D eigenvalue weighted by molar-refractivity contribution is -0.384. The number of hydrogen-bond acceptors (Lipinski definition) is 6. The van der Waals surface area contributed by atoms with Crippen LogP contribution in [0, 0.1) is 10.1 Å². The third-order valence-corrected chi connectivity index (χ3v) is 5.60. The molecule has 0 spiro atoms. The third kappa shape index (κ3) is 5.78. The van der Waals surface area contributed by atoms with Gasteiger partial charge in [0.25, 0.3) is 15.7 Å². The first-order chi connectivity index (χ1) is 14.8. The Bertz CT molecular complexity index is 1180. The Morgan fingerprint density at radius 1 is 0.839 bits per heavy atom. The second-order valence-electron chi connectivity index (χ2n) is 6.41. The second-order valence-corrected chi connectivity index (χ2v) is 8.10. The predicted octanol–water partition coefficient (Wildman–Crippen LogP) is 3.50. The maximum absolute atomic E-state index is 12.5. The van der Waals surface area contributed by atoms with E-state index < -0.39 is 21.0 Å². The Morgan fingerprint density at radius 3 is 1.81 bits per heavy atom. The highest BCUT2D eigenvalue weighted by atomic mass is 32.2. The maximum atomic E-state index is 12.5. The zero-order valence-corrected chi connectivity index (χ0v) is 16.9. The van der Waals surface area contributed by atoms with Crippen LogP contribution in [-0.4, -0.2) is 19.4 Å². The predicted molar refractivity (Wildman–Crippen MR) is 117 cm³/mol. The largest absolute Gasteiger partial charge is 0.326 e. The monoisotopic (exact) mass is 441 g/mol. The van der Waals surface area contributed by atoms with Gasteiger partial charge in [-0.15, -0.1) is 0 Å². The number of benzene rings is 3. The van der Waals surface area contributed by atoms with E-state index in [2.05, 4.69) is 15.4 Å². The van der Waals surface area contributed by atoms with Crippen LogP contribution in [0.2, 0.25) is 0 Å². The molecule has 0 bridgehead atoms. The number of nitrogens with one attached hydrogen (secondary N) is 3. The smallest absolute Gasteiger partial charge is 0.323 e. The molecule has 0 saturated carbocycles. The molecule has 0 saturated heterocycles. The molecule has 0 fully saturated rings. The van der Waals surface area contributed by atoms with Gasteiger partial charge in [-0.05, 0) is 54.1 Å². The first-order valence-corrected chi connectivity index (χ1v) is 10.5. The van der Waals surface area contributed by atoms with Gasteiger partial charge < -0.3 is 16.4 Å². The fourth-order valence-electron chi connectivity index (χ4n) is 2.60. The quantitative estimate of drug-likeness (QED) is 0.325. The highest BCUT2D eigenvalue weighted by Crippen LogP contribution is 2.20. The van der Waals surface area contributed by atoms with Crippen LogP contribution in [0.1, 0.15) is 5.56 Å². The molecule has 5 N–H and O–H groups in total. The maximum Gasteiger partial charge on any atom is 0.323 e. The third-order valence-electron chi connectivity index (χ3n) is 4.20. The molecule has 0 atom stereocenters. The Kier molecular flexibility index (Phi) is 6.48. The number of carbonyl (C=O) groups excluding carboxylic acids is 1. The van der Waals surface area contributed by atoms with Crippen molar-refractivity contribution in [3.63, 3.8) is 0 Å². The number of hydrogen-bond donors (Lipinski definition) is 4. The molecule has 0 unspecified atom stereocenters. The zero-order valence-electron chi connectivity index (χ0n) is 16.1. The summed E-state index contributed by atoms with van der Waals surface area (Å²) in [6.07, 6.45) is 0. The molecule has 31 heavy (non-hydrogen) atoms. The van der Waals surface area contributed by atoms with Crippen LogP contribution >= 0.6 is 0 Å². The summed E-state index contributed by atoms with van der Waals surface area (Å²) >= 11 is 0. The number of urea groups is 1. The van der Waals surface area contributed by atoms with E-state index in [1.807, 2.05) is 0 Å². The number of nitro benzene ring substituents is 1. The molecule has 3 rings (SSSR count). The average molecular weight is 441 g/mol. The number of nitrogens with two attached hydrogens (primary N) is 1. The Hall–Kier alpha value is -3.96. The Morgan fingerprint density at radius 2 is 1.32 bits per heavy atom. The van der Waals surface area contributed by atoms with Crippen molar-refractivity contribution in [2.75, 3.05) is 15.4 Å². The number of rotatable bonds is 7. The molecule has 0 aliphatic carbocycles. The van der Waals surface area contributed by atoms with Crippen molar-refractivity contribution in [3.8, 4) is 0 Å². The molecule has 3 aromatic carbocycles. The highest BCUT2D eigenvalue weighted by molar-refractivity contribution is 7.92. The first-order valence-electron chi connectivity index (χ1n) is 9.01. The fraction of sp³-hybridized carbons (Fsp3) is 0.0500.